The molecule has 0 aromatic rings. The number of rotatable bonds is 4. The van der Waals surface area contributed by atoms with E-state index in [0.717, 1.165) is 19.4 Å². The average molecular weight is 228 g/mol. The molecule has 1 aliphatic rings. The van der Waals surface area contributed by atoms with Gasteiger partial charge in [-0.3, -0.25) is 19.9 Å². The van der Waals surface area contributed by atoms with Crippen LogP contribution in [0.3, 0.4) is 0 Å². The Morgan fingerprint density at radius 2 is 2.06 bits per heavy atom. The molecule has 1 aliphatic heterocycles. The molecular formula is C10H20N4O2. The topological polar surface area (TPSA) is 101 Å². The molecule has 0 spiro atoms. The molecule has 0 aliphatic carbocycles. The summed E-state index contributed by atoms with van der Waals surface area (Å²) in [4.78, 5) is 24.6. The Morgan fingerprint density at radius 3 is 2.56 bits per heavy atom. The number of hydrogen-bond acceptors (Lipinski definition) is 4. The number of primary amides is 1. The maximum atomic E-state index is 11.4. The molecule has 6 nitrogen and oxygen atoms in total. The van der Waals surface area contributed by atoms with Crippen molar-refractivity contribution in [3.8, 4) is 0 Å². The van der Waals surface area contributed by atoms with Gasteiger partial charge in [0, 0.05) is 6.04 Å². The quantitative estimate of drug-likeness (QED) is 0.324. The zero-order valence-corrected chi connectivity index (χ0v) is 9.77. The van der Waals surface area contributed by atoms with Crippen LogP contribution in [0.5, 0.6) is 0 Å². The first kappa shape index (κ1) is 12.9. The lowest BCUT2D eigenvalue weighted by atomic mass is 10.0. The molecule has 0 bridgehead atoms. The Bertz CT molecular complexity index is 282. The molecule has 0 aromatic carbocycles. The molecule has 3 unspecified atom stereocenters. The normalized spacial score (nSPS) is 25.1. The van der Waals surface area contributed by atoms with E-state index < -0.39 is 0 Å². The van der Waals surface area contributed by atoms with Crippen molar-refractivity contribution in [2.75, 3.05) is 6.54 Å². The smallest absolute Gasteiger partial charge is 0.238 e. The zero-order valence-electron chi connectivity index (χ0n) is 9.77. The second-order valence-electron chi connectivity index (χ2n) is 4.34. The number of nitrogens with zero attached hydrogens (tertiary/aromatic N) is 1. The second kappa shape index (κ2) is 5.27. The monoisotopic (exact) mass is 228 g/mol. The Hall–Kier alpha value is -1.14. The summed E-state index contributed by atoms with van der Waals surface area (Å²) in [5, 5.41) is 0. The van der Waals surface area contributed by atoms with E-state index in [4.69, 9.17) is 11.6 Å². The maximum absolute atomic E-state index is 11.4. The van der Waals surface area contributed by atoms with Crippen LogP contribution in [0.25, 0.3) is 0 Å². The molecule has 92 valence electrons. The molecule has 1 rings (SSSR count). The fraction of sp³-hybridized carbons (Fsp3) is 0.800. The van der Waals surface area contributed by atoms with Gasteiger partial charge in [-0.05, 0) is 26.3 Å². The van der Waals surface area contributed by atoms with Crippen LogP contribution in [0.4, 0.5) is 0 Å². The summed E-state index contributed by atoms with van der Waals surface area (Å²) >= 11 is 0. The van der Waals surface area contributed by atoms with E-state index in [-0.39, 0.29) is 29.8 Å². The highest BCUT2D eigenvalue weighted by atomic mass is 16.2. The number of carbonyl (C=O) groups excluding carboxylic acids is 2. The number of hydrazine groups is 1. The first-order valence-electron chi connectivity index (χ1n) is 5.54. The summed E-state index contributed by atoms with van der Waals surface area (Å²) in [6, 6.07) is -0.286. The molecule has 2 amide bonds. The molecule has 0 aromatic heterocycles. The van der Waals surface area contributed by atoms with Crippen LogP contribution in [0.15, 0.2) is 0 Å². The molecule has 1 saturated heterocycles. The maximum Gasteiger partial charge on any atom is 0.238 e. The standard InChI is InChI=1S/C10H20N4O2/c1-6(10(16)13-12)7(2)14-5-3-4-8(14)9(11)15/h6-8H,3-5,12H2,1-2H3,(H2,11,15)(H,13,16). The van der Waals surface area contributed by atoms with Crippen LogP contribution >= 0.6 is 0 Å². The van der Waals surface area contributed by atoms with E-state index in [9.17, 15) is 9.59 Å². The molecule has 1 fully saturated rings. The highest BCUT2D eigenvalue weighted by Crippen LogP contribution is 2.23. The average Bonchev–Trinajstić information content (AvgIpc) is 2.74. The van der Waals surface area contributed by atoms with Gasteiger partial charge in [0.05, 0.1) is 12.0 Å². The summed E-state index contributed by atoms with van der Waals surface area (Å²) in [5.74, 6) is 4.30. The van der Waals surface area contributed by atoms with Crippen molar-refractivity contribution in [1.29, 1.82) is 0 Å². The van der Waals surface area contributed by atoms with Crippen LogP contribution in [0.2, 0.25) is 0 Å². The molecule has 0 radical (unpaired) electrons. The number of amides is 2. The Kier molecular flexibility index (Phi) is 4.26. The van der Waals surface area contributed by atoms with E-state index in [1.807, 2.05) is 11.8 Å². The largest absolute Gasteiger partial charge is 0.368 e. The van der Waals surface area contributed by atoms with Crippen molar-refractivity contribution < 1.29 is 9.59 Å². The highest BCUT2D eigenvalue weighted by molar-refractivity contribution is 5.81. The second-order valence-corrected chi connectivity index (χ2v) is 4.34. The van der Waals surface area contributed by atoms with Gasteiger partial charge < -0.3 is 5.73 Å². The third kappa shape index (κ3) is 2.51. The summed E-state index contributed by atoms with van der Waals surface area (Å²) in [5.41, 5.74) is 7.46. The molecular weight excluding hydrogens is 208 g/mol. The minimum Gasteiger partial charge on any atom is -0.368 e. The van der Waals surface area contributed by atoms with E-state index in [1.54, 1.807) is 6.92 Å². The molecule has 5 N–H and O–H groups in total. The van der Waals surface area contributed by atoms with Crippen molar-refractivity contribution in [2.24, 2.45) is 17.5 Å². The predicted octanol–water partition coefficient (Wildman–Crippen LogP) is -1.05. The molecule has 3 atom stereocenters. The van der Waals surface area contributed by atoms with Gasteiger partial charge >= 0.3 is 0 Å². The van der Waals surface area contributed by atoms with E-state index in [0.29, 0.717) is 0 Å². The van der Waals surface area contributed by atoms with Crippen LogP contribution < -0.4 is 17.0 Å². The van der Waals surface area contributed by atoms with E-state index in [2.05, 4.69) is 5.43 Å². The number of carbonyl (C=O) groups is 2. The number of hydrogen-bond donors (Lipinski definition) is 3. The highest BCUT2D eigenvalue weighted by Gasteiger charge is 2.35. The summed E-state index contributed by atoms with van der Waals surface area (Å²) < 4.78 is 0. The van der Waals surface area contributed by atoms with Gasteiger partial charge in [0.2, 0.25) is 11.8 Å². The van der Waals surface area contributed by atoms with E-state index in [1.165, 1.54) is 0 Å². The Morgan fingerprint density at radius 1 is 1.44 bits per heavy atom. The van der Waals surface area contributed by atoms with Crippen molar-refractivity contribution in [3.05, 3.63) is 0 Å². The van der Waals surface area contributed by atoms with Crippen molar-refractivity contribution in [3.63, 3.8) is 0 Å². The van der Waals surface area contributed by atoms with Crippen molar-refractivity contribution in [1.82, 2.24) is 10.3 Å². The van der Waals surface area contributed by atoms with Gasteiger partial charge in [-0.2, -0.15) is 0 Å². The fourth-order valence-corrected chi connectivity index (χ4v) is 2.22. The van der Waals surface area contributed by atoms with Crippen LogP contribution in [0.1, 0.15) is 26.7 Å². The van der Waals surface area contributed by atoms with E-state index >= 15 is 0 Å². The van der Waals surface area contributed by atoms with Gasteiger partial charge in [0.1, 0.15) is 0 Å². The lowest BCUT2D eigenvalue weighted by Crippen LogP contribution is -2.50. The summed E-state index contributed by atoms with van der Waals surface area (Å²) in [6.07, 6.45) is 1.71. The third-order valence-corrected chi connectivity index (χ3v) is 3.43. The van der Waals surface area contributed by atoms with Gasteiger partial charge in [0.15, 0.2) is 0 Å². The first-order chi connectivity index (χ1) is 7.49. The van der Waals surface area contributed by atoms with Gasteiger partial charge in [0.25, 0.3) is 0 Å². The fourth-order valence-electron chi connectivity index (χ4n) is 2.22. The third-order valence-electron chi connectivity index (χ3n) is 3.43. The predicted molar refractivity (Wildman–Crippen MR) is 59.9 cm³/mol. The Labute approximate surface area is 95.3 Å². The SMILES string of the molecule is CC(C(=O)NN)C(C)N1CCCC1C(N)=O. The molecule has 16 heavy (non-hydrogen) atoms. The van der Waals surface area contributed by atoms with Gasteiger partial charge in [-0.25, -0.2) is 5.84 Å². The van der Waals surface area contributed by atoms with Crippen LogP contribution in [0, 0.1) is 5.92 Å². The zero-order chi connectivity index (χ0) is 12.3. The first-order valence-corrected chi connectivity index (χ1v) is 5.54. The lowest BCUT2D eigenvalue weighted by molar-refractivity contribution is -0.129. The minimum absolute atomic E-state index is 0.0384. The van der Waals surface area contributed by atoms with Gasteiger partial charge in [-0.1, -0.05) is 6.92 Å². The van der Waals surface area contributed by atoms with Crippen LogP contribution in [-0.4, -0.2) is 35.3 Å². The van der Waals surface area contributed by atoms with Gasteiger partial charge in [-0.15, -0.1) is 0 Å². The van der Waals surface area contributed by atoms with Crippen molar-refractivity contribution >= 4 is 11.8 Å². The lowest BCUT2D eigenvalue weighted by Gasteiger charge is -2.32. The summed E-state index contributed by atoms with van der Waals surface area (Å²) in [6.45, 7) is 4.52. The van der Waals surface area contributed by atoms with Crippen LogP contribution in [-0.2, 0) is 9.59 Å². The number of nitrogens with one attached hydrogen (secondary N) is 1. The van der Waals surface area contributed by atoms with Crippen molar-refractivity contribution in [2.45, 2.75) is 38.8 Å². The molecule has 1 heterocycles. The molecule has 6 heteroatoms. The minimum atomic E-state index is -0.315. The Balaban J connectivity index is 2.69. The summed E-state index contributed by atoms with van der Waals surface area (Å²) in [7, 11) is 0. The number of likely N-dealkylation sites (tertiary alicyclic amines) is 1. The molecule has 0 saturated carbocycles. The number of nitrogens with two attached hydrogens (primary N) is 2.